The summed E-state index contributed by atoms with van der Waals surface area (Å²) in [7, 11) is 0. The number of benzene rings is 1. The molecule has 4 heteroatoms. The van der Waals surface area contributed by atoms with Crippen molar-refractivity contribution in [2.45, 2.75) is 31.3 Å². The van der Waals surface area contributed by atoms with Crippen LogP contribution in [-0.4, -0.2) is 17.6 Å². The lowest BCUT2D eigenvalue weighted by atomic mass is 9.93. The number of hydrogen-bond donors (Lipinski definition) is 2. The number of rotatable bonds is 2. The molecule has 1 aliphatic heterocycles. The lowest BCUT2D eigenvalue weighted by molar-refractivity contribution is 0.354. The summed E-state index contributed by atoms with van der Waals surface area (Å²) in [5.41, 5.74) is 9.12. The third-order valence-corrected chi connectivity index (χ3v) is 3.52. The number of nitrogens with one attached hydrogen (secondary N) is 1. The van der Waals surface area contributed by atoms with E-state index in [-0.39, 0.29) is 6.04 Å². The number of fused-ring (bicyclic) bond motifs is 1. The molecule has 3 rings (SSSR count). The van der Waals surface area contributed by atoms with Gasteiger partial charge in [0.2, 0.25) is 0 Å². The van der Waals surface area contributed by atoms with Crippen LogP contribution in [-0.2, 0) is 0 Å². The molecule has 0 aliphatic carbocycles. The van der Waals surface area contributed by atoms with Crippen molar-refractivity contribution in [1.29, 1.82) is 0 Å². The Kier molecular flexibility index (Phi) is 2.82. The average Bonchev–Trinajstić information content (AvgIpc) is 2.86. The maximum atomic E-state index is 6.30. The third-order valence-electron chi connectivity index (χ3n) is 3.52. The van der Waals surface area contributed by atoms with Gasteiger partial charge in [0.25, 0.3) is 0 Å². The topological polar surface area (TPSA) is 64.1 Å². The maximum absolute atomic E-state index is 6.30. The van der Waals surface area contributed by atoms with Crippen molar-refractivity contribution in [1.82, 2.24) is 10.3 Å². The normalized spacial score (nSPS) is 22.8. The first kappa shape index (κ1) is 10.7. The van der Waals surface area contributed by atoms with Gasteiger partial charge in [0.05, 0.1) is 0 Å². The molecule has 1 saturated heterocycles. The number of oxazole rings is 1. The average molecular weight is 231 g/mol. The second kappa shape index (κ2) is 4.47. The number of aromatic nitrogens is 1. The monoisotopic (exact) mass is 231 g/mol. The fraction of sp³-hybridized carbons (Fsp3) is 0.462. The highest BCUT2D eigenvalue weighted by Gasteiger charge is 2.21. The summed E-state index contributed by atoms with van der Waals surface area (Å²) in [5, 5.41) is 3.49. The first-order chi connectivity index (χ1) is 8.34. The molecule has 4 nitrogen and oxygen atoms in total. The smallest absolute Gasteiger partial charge is 0.181 e. The highest BCUT2D eigenvalue weighted by molar-refractivity contribution is 5.72. The van der Waals surface area contributed by atoms with E-state index in [1.165, 1.54) is 19.2 Å². The minimum Gasteiger partial charge on any atom is -0.443 e. The molecule has 0 spiro atoms. The summed E-state index contributed by atoms with van der Waals surface area (Å²) in [4.78, 5) is 4.11. The minimum atomic E-state index is 0.0322. The van der Waals surface area contributed by atoms with Crippen molar-refractivity contribution in [2.75, 3.05) is 6.54 Å². The van der Waals surface area contributed by atoms with E-state index in [0.29, 0.717) is 6.04 Å². The molecule has 2 unspecified atom stereocenters. The van der Waals surface area contributed by atoms with E-state index in [0.717, 1.165) is 29.6 Å². The van der Waals surface area contributed by atoms with Gasteiger partial charge < -0.3 is 15.5 Å². The Bertz CT molecular complexity index is 502. The van der Waals surface area contributed by atoms with Crippen LogP contribution in [0.2, 0.25) is 0 Å². The largest absolute Gasteiger partial charge is 0.443 e. The summed E-state index contributed by atoms with van der Waals surface area (Å²) in [5.74, 6) is 0. The van der Waals surface area contributed by atoms with Crippen LogP contribution in [0.3, 0.4) is 0 Å². The molecule has 17 heavy (non-hydrogen) atoms. The van der Waals surface area contributed by atoms with Crippen LogP contribution in [0.4, 0.5) is 0 Å². The number of nitrogens with two attached hydrogens (primary N) is 1. The second-order valence-corrected chi connectivity index (χ2v) is 4.66. The predicted molar refractivity (Wildman–Crippen MR) is 66.6 cm³/mol. The van der Waals surface area contributed by atoms with Crippen LogP contribution in [0, 0.1) is 0 Å². The lowest BCUT2D eigenvalue weighted by Crippen LogP contribution is -2.42. The fourth-order valence-corrected chi connectivity index (χ4v) is 2.50. The number of nitrogens with zero attached hydrogens (tertiary/aromatic N) is 1. The van der Waals surface area contributed by atoms with Gasteiger partial charge in [0.1, 0.15) is 5.52 Å². The summed E-state index contributed by atoms with van der Waals surface area (Å²) in [6.07, 6.45) is 5.13. The van der Waals surface area contributed by atoms with Gasteiger partial charge in [-0.25, -0.2) is 4.98 Å². The Morgan fingerprint density at radius 2 is 2.35 bits per heavy atom. The first-order valence-corrected chi connectivity index (χ1v) is 6.17. The highest BCUT2D eigenvalue weighted by atomic mass is 16.3. The zero-order valence-corrected chi connectivity index (χ0v) is 9.73. The van der Waals surface area contributed by atoms with Crippen LogP contribution < -0.4 is 11.1 Å². The second-order valence-electron chi connectivity index (χ2n) is 4.66. The lowest BCUT2D eigenvalue weighted by Gasteiger charge is -2.29. The van der Waals surface area contributed by atoms with E-state index in [1.54, 1.807) is 0 Å². The molecular weight excluding hydrogens is 214 g/mol. The molecule has 2 aromatic rings. The van der Waals surface area contributed by atoms with E-state index in [2.05, 4.69) is 10.3 Å². The van der Waals surface area contributed by atoms with Crippen molar-refractivity contribution >= 4 is 11.1 Å². The van der Waals surface area contributed by atoms with Crippen LogP contribution in [0.25, 0.3) is 11.1 Å². The van der Waals surface area contributed by atoms with E-state index in [1.807, 2.05) is 18.2 Å². The predicted octanol–water partition coefficient (Wildman–Crippen LogP) is 1.97. The van der Waals surface area contributed by atoms with Gasteiger partial charge in [-0.3, -0.25) is 0 Å². The van der Waals surface area contributed by atoms with Gasteiger partial charge in [0.15, 0.2) is 12.0 Å². The van der Waals surface area contributed by atoms with Crippen LogP contribution in [0.15, 0.2) is 29.0 Å². The Balaban J connectivity index is 1.86. The SMILES string of the molecule is NC(c1ccc2ncoc2c1)C1CCCCN1. The van der Waals surface area contributed by atoms with Crippen molar-refractivity contribution in [3.8, 4) is 0 Å². The van der Waals surface area contributed by atoms with Gasteiger partial charge in [-0.15, -0.1) is 0 Å². The van der Waals surface area contributed by atoms with Gasteiger partial charge in [0, 0.05) is 12.1 Å². The molecule has 3 N–H and O–H groups in total. The quantitative estimate of drug-likeness (QED) is 0.829. The van der Waals surface area contributed by atoms with Crippen LogP contribution >= 0.6 is 0 Å². The molecule has 90 valence electrons. The van der Waals surface area contributed by atoms with Gasteiger partial charge in [-0.1, -0.05) is 12.5 Å². The summed E-state index contributed by atoms with van der Waals surface area (Å²) in [6.45, 7) is 1.07. The van der Waals surface area contributed by atoms with Crippen molar-refractivity contribution in [3.05, 3.63) is 30.2 Å². The molecule has 1 aliphatic rings. The van der Waals surface area contributed by atoms with E-state index in [9.17, 15) is 0 Å². The Morgan fingerprint density at radius 3 is 3.18 bits per heavy atom. The van der Waals surface area contributed by atoms with Crippen molar-refractivity contribution in [2.24, 2.45) is 5.73 Å². The van der Waals surface area contributed by atoms with Gasteiger partial charge in [-0.05, 0) is 37.1 Å². The Morgan fingerprint density at radius 1 is 1.41 bits per heavy atom. The zero-order chi connectivity index (χ0) is 11.7. The molecule has 0 bridgehead atoms. The summed E-state index contributed by atoms with van der Waals surface area (Å²) < 4.78 is 5.31. The van der Waals surface area contributed by atoms with E-state index >= 15 is 0 Å². The highest BCUT2D eigenvalue weighted by Crippen LogP contribution is 2.23. The zero-order valence-electron chi connectivity index (χ0n) is 9.73. The molecule has 0 amide bonds. The fourth-order valence-electron chi connectivity index (χ4n) is 2.50. The number of piperidine rings is 1. The number of hydrogen-bond acceptors (Lipinski definition) is 4. The standard InChI is InChI=1S/C13H17N3O/c14-13(11-3-1-2-6-15-11)9-4-5-10-12(7-9)17-8-16-10/h4-5,7-8,11,13,15H,1-3,6,14H2. The summed E-state index contributed by atoms with van der Waals surface area (Å²) >= 11 is 0. The molecule has 1 aromatic carbocycles. The Labute approximate surface area is 100 Å². The molecule has 2 heterocycles. The molecule has 0 saturated carbocycles. The maximum Gasteiger partial charge on any atom is 0.181 e. The molecule has 0 radical (unpaired) electrons. The van der Waals surface area contributed by atoms with Crippen molar-refractivity contribution < 1.29 is 4.42 Å². The molecule has 1 fully saturated rings. The van der Waals surface area contributed by atoms with Crippen molar-refractivity contribution in [3.63, 3.8) is 0 Å². The van der Waals surface area contributed by atoms with Crippen LogP contribution in [0.5, 0.6) is 0 Å². The third kappa shape index (κ3) is 2.06. The van der Waals surface area contributed by atoms with Gasteiger partial charge in [-0.2, -0.15) is 0 Å². The first-order valence-electron chi connectivity index (χ1n) is 6.17. The molecule has 1 aromatic heterocycles. The van der Waals surface area contributed by atoms with E-state index < -0.39 is 0 Å². The summed E-state index contributed by atoms with van der Waals surface area (Å²) in [6, 6.07) is 6.43. The van der Waals surface area contributed by atoms with Gasteiger partial charge >= 0.3 is 0 Å². The Hall–Kier alpha value is -1.39. The molecular formula is C13H17N3O. The molecule has 2 atom stereocenters. The van der Waals surface area contributed by atoms with E-state index in [4.69, 9.17) is 10.2 Å². The minimum absolute atomic E-state index is 0.0322. The van der Waals surface area contributed by atoms with Crippen LogP contribution in [0.1, 0.15) is 30.9 Å².